The van der Waals surface area contributed by atoms with E-state index in [1.165, 1.54) is 11.3 Å². The highest BCUT2D eigenvalue weighted by atomic mass is 32.2. The number of nitrogens with zero attached hydrogens (tertiary/aromatic N) is 4. The molecule has 10 heteroatoms. The first kappa shape index (κ1) is 15.8. The summed E-state index contributed by atoms with van der Waals surface area (Å²) in [5.41, 5.74) is 6.45. The number of benzene rings is 1. The molecule has 0 bridgehead atoms. The van der Waals surface area contributed by atoms with Crippen molar-refractivity contribution in [1.82, 2.24) is 14.3 Å². The molecular weight excluding hydrogens is 354 g/mol. The van der Waals surface area contributed by atoms with E-state index in [0.29, 0.717) is 10.9 Å². The maximum atomic E-state index is 12.5. The average Bonchev–Trinajstić information content (AvgIpc) is 3.13. The molecular formula is C13H11N5O2S3. The lowest BCUT2D eigenvalue weighted by atomic mass is 10.3. The van der Waals surface area contributed by atoms with Crippen molar-refractivity contribution in [2.45, 2.75) is 11.3 Å². The molecule has 0 spiro atoms. The van der Waals surface area contributed by atoms with E-state index in [2.05, 4.69) is 19.5 Å². The van der Waals surface area contributed by atoms with Gasteiger partial charge in [-0.15, -0.1) is 11.3 Å². The summed E-state index contributed by atoms with van der Waals surface area (Å²) in [5, 5.41) is 3.75. The standard InChI is InChI=1S/C13H11N5O2S3/c1-2-20-17-9(10-16-12(14)23-18-10)11(19)22-13-15-7-5-3-4-6-8(7)21-13/h3-6H,2H2,1H3,(H2,14,16,18). The van der Waals surface area contributed by atoms with E-state index >= 15 is 0 Å². The zero-order valence-electron chi connectivity index (χ0n) is 11.9. The van der Waals surface area contributed by atoms with Crippen LogP contribution in [0.15, 0.2) is 33.8 Å². The summed E-state index contributed by atoms with van der Waals surface area (Å²) in [7, 11) is 0. The normalized spacial score (nSPS) is 11.8. The highest BCUT2D eigenvalue weighted by molar-refractivity contribution is 8.16. The van der Waals surface area contributed by atoms with Gasteiger partial charge in [0.15, 0.2) is 9.47 Å². The number of nitrogens with two attached hydrogens (primary N) is 1. The monoisotopic (exact) mass is 365 g/mol. The van der Waals surface area contributed by atoms with Crippen molar-refractivity contribution in [1.29, 1.82) is 0 Å². The minimum Gasteiger partial charge on any atom is -0.395 e. The summed E-state index contributed by atoms with van der Waals surface area (Å²) in [6, 6.07) is 7.70. The van der Waals surface area contributed by atoms with Crippen LogP contribution in [-0.2, 0) is 9.63 Å². The Morgan fingerprint density at radius 1 is 1.39 bits per heavy atom. The summed E-state index contributed by atoms with van der Waals surface area (Å²) >= 11 is 3.41. The van der Waals surface area contributed by atoms with Gasteiger partial charge in [0.1, 0.15) is 6.61 Å². The third-order valence-electron chi connectivity index (χ3n) is 2.59. The Labute approximate surface area is 143 Å². The van der Waals surface area contributed by atoms with Crippen LogP contribution in [0, 0.1) is 0 Å². The molecule has 2 N–H and O–H groups in total. The Balaban J connectivity index is 1.85. The first-order valence-corrected chi connectivity index (χ1v) is 8.95. The van der Waals surface area contributed by atoms with Crippen molar-refractivity contribution in [3.05, 3.63) is 30.1 Å². The Hall–Kier alpha value is -2.04. The van der Waals surface area contributed by atoms with E-state index in [0.717, 1.165) is 33.5 Å². The van der Waals surface area contributed by atoms with Crippen LogP contribution in [0.1, 0.15) is 12.7 Å². The molecule has 23 heavy (non-hydrogen) atoms. The van der Waals surface area contributed by atoms with E-state index < -0.39 is 0 Å². The van der Waals surface area contributed by atoms with E-state index in [9.17, 15) is 4.79 Å². The number of fused-ring (bicyclic) bond motifs is 1. The molecule has 3 aromatic rings. The number of thiazole rings is 1. The second-order valence-corrected chi connectivity index (χ2v) is 7.19. The molecule has 0 amide bonds. The topological polar surface area (TPSA) is 103 Å². The summed E-state index contributed by atoms with van der Waals surface area (Å²) in [6.45, 7) is 2.11. The smallest absolute Gasteiger partial charge is 0.252 e. The molecule has 118 valence electrons. The number of carbonyl (C=O) groups is 1. The summed E-state index contributed by atoms with van der Waals surface area (Å²) in [4.78, 5) is 25.9. The maximum absolute atomic E-state index is 12.5. The van der Waals surface area contributed by atoms with Crippen molar-refractivity contribution < 1.29 is 9.63 Å². The number of oxime groups is 1. The quantitative estimate of drug-likeness (QED) is 0.421. The van der Waals surface area contributed by atoms with E-state index in [-0.39, 0.29) is 21.8 Å². The van der Waals surface area contributed by atoms with Gasteiger partial charge in [0.25, 0.3) is 5.12 Å². The van der Waals surface area contributed by atoms with Crippen molar-refractivity contribution in [2.24, 2.45) is 5.16 Å². The van der Waals surface area contributed by atoms with Crippen molar-refractivity contribution in [3.63, 3.8) is 0 Å². The van der Waals surface area contributed by atoms with Crippen LogP contribution in [-0.4, -0.2) is 31.8 Å². The fourth-order valence-corrected chi connectivity index (χ4v) is 3.97. The van der Waals surface area contributed by atoms with Gasteiger partial charge in [-0.2, -0.15) is 9.36 Å². The first-order valence-electron chi connectivity index (χ1n) is 6.54. The molecule has 1 aromatic carbocycles. The van der Waals surface area contributed by atoms with Crippen LogP contribution in [0.25, 0.3) is 10.2 Å². The van der Waals surface area contributed by atoms with Gasteiger partial charge in [0.2, 0.25) is 11.5 Å². The Bertz CT molecular complexity index is 840. The van der Waals surface area contributed by atoms with Crippen LogP contribution >= 0.6 is 34.6 Å². The molecule has 0 aliphatic carbocycles. The predicted molar refractivity (Wildman–Crippen MR) is 93.0 cm³/mol. The lowest BCUT2D eigenvalue weighted by Gasteiger charge is -1.99. The lowest BCUT2D eigenvalue weighted by Crippen LogP contribution is -2.14. The number of rotatable bonds is 5. The number of aromatic nitrogens is 3. The molecule has 3 rings (SSSR count). The molecule has 0 saturated carbocycles. The molecule has 0 unspecified atom stereocenters. The number of para-hydroxylation sites is 1. The number of thioether (sulfide) groups is 1. The molecule has 0 aliphatic heterocycles. The molecule has 2 heterocycles. The summed E-state index contributed by atoms with van der Waals surface area (Å²) in [5.74, 6) is 0.166. The fraction of sp³-hybridized carbons (Fsp3) is 0.154. The predicted octanol–water partition coefficient (Wildman–Crippen LogP) is 2.79. The SMILES string of the molecule is CCON=C(C(=O)Sc1nc2ccccc2s1)c1nsc(N)n1. The summed E-state index contributed by atoms with van der Waals surface area (Å²) < 4.78 is 5.66. The Morgan fingerprint density at radius 2 is 2.22 bits per heavy atom. The van der Waals surface area contributed by atoms with Gasteiger partial charge in [-0.25, -0.2) is 4.98 Å². The molecule has 0 saturated heterocycles. The van der Waals surface area contributed by atoms with Crippen molar-refractivity contribution in [2.75, 3.05) is 12.3 Å². The van der Waals surface area contributed by atoms with E-state index in [4.69, 9.17) is 10.6 Å². The Morgan fingerprint density at radius 3 is 2.91 bits per heavy atom. The third kappa shape index (κ3) is 3.66. The molecule has 2 aromatic heterocycles. The largest absolute Gasteiger partial charge is 0.395 e. The van der Waals surface area contributed by atoms with Crippen molar-refractivity contribution in [3.8, 4) is 0 Å². The highest BCUT2D eigenvalue weighted by Crippen LogP contribution is 2.30. The number of carbonyl (C=O) groups excluding carboxylic acids is 1. The van der Waals surface area contributed by atoms with Crippen LogP contribution in [0.2, 0.25) is 0 Å². The van der Waals surface area contributed by atoms with E-state index in [1.54, 1.807) is 6.92 Å². The van der Waals surface area contributed by atoms with E-state index in [1.807, 2.05) is 24.3 Å². The molecule has 0 radical (unpaired) electrons. The maximum Gasteiger partial charge on any atom is 0.252 e. The van der Waals surface area contributed by atoms with Crippen LogP contribution in [0.4, 0.5) is 5.13 Å². The highest BCUT2D eigenvalue weighted by Gasteiger charge is 2.22. The molecule has 7 nitrogen and oxygen atoms in total. The van der Waals surface area contributed by atoms with Gasteiger partial charge in [-0.05, 0) is 30.8 Å². The van der Waals surface area contributed by atoms with Gasteiger partial charge >= 0.3 is 0 Å². The second kappa shape index (κ2) is 7.02. The van der Waals surface area contributed by atoms with Gasteiger partial charge in [-0.3, -0.25) is 4.79 Å². The van der Waals surface area contributed by atoms with Crippen molar-refractivity contribution >= 4 is 60.8 Å². The first-order chi connectivity index (χ1) is 11.2. The minimum absolute atomic E-state index is 0.0315. The van der Waals surface area contributed by atoms with Gasteiger partial charge in [-0.1, -0.05) is 17.3 Å². The zero-order chi connectivity index (χ0) is 16.2. The lowest BCUT2D eigenvalue weighted by molar-refractivity contribution is -0.105. The van der Waals surface area contributed by atoms with Gasteiger partial charge < -0.3 is 10.6 Å². The Kier molecular flexibility index (Phi) is 4.84. The fourth-order valence-electron chi connectivity index (χ4n) is 1.65. The van der Waals surface area contributed by atoms with Crippen LogP contribution in [0.5, 0.6) is 0 Å². The average molecular weight is 365 g/mol. The minimum atomic E-state index is -0.338. The van der Waals surface area contributed by atoms with Gasteiger partial charge in [0, 0.05) is 11.5 Å². The molecule has 0 fully saturated rings. The number of anilines is 1. The van der Waals surface area contributed by atoms with Crippen LogP contribution in [0.3, 0.4) is 0 Å². The number of nitrogen functional groups attached to an aromatic ring is 1. The number of hydrogen-bond donors (Lipinski definition) is 1. The third-order valence-corrected chi connectivity index (χ3v) is 5.10. The zero-order valence-corrected chi connectivity index (χ0v) is 14.4. The van der Waals surface area contributed by atoms with Crippen LogP contribution < -0.4 is 5.73 Å². The number of hydrogen-bond acceptors (Lipinski definition) is 10. The second-order valence-electron chi connectivity index (χ2n) is 4.15. The summed E-state index contributed by atoms with van der Waals surface area (Å²) in [6.07, 6.45) is 0. The molecule has 0 aliphatic rings. The molecule has 0 atom stereocenters. The van der Waals surface area contributed by atoms with Gasteiger partial charge in [0.05, 0.1) is 10.2 Å².